The maximum Gasteiger partial charge on any atom is 0.254 e. The zero-order chi connectivity index (χ0) is 12.7. The molecule has 94 valence electrons. The highest BCUT2D eigenvalue weighted by Crippen LogP contribution is 2.11. The molecule has 0 aliphatic carbocycles. The number of carbonyl (C=O) groups is 1. The second-order valence-corrected chi connectivity index (χ2v) is 4.76. The number of thioether (sulfide) groups is 1. The van der Waals surface area contributed by atoms with Gasteiger partial charge in [0.25, 0.3) is 5.91 Å². The number of hydrogen-bond acceptors (Lipinski definition) is 4. The predicted octanol–water partition coefficient (Wildman–Crippen LogP) is 1.68. The molecule has 0 saturated carbocycles. The van der Waals surface area contributed by atoms with Gasteiger partial charge in [-0.1, -0.05) is 6.92 Å². The zero-order valence-electron chi connectivity index (χ0n) is 9.70. The first-order valence-corrected chi connectivity index (χ1v) is 6.58. The van der Waals surface area contributed by atoms with Crippen LogP contribution in [-0.2, 0) is 0 Å². The SMILES string of the molecule is CCSCCCNC(=O)c1ccnc(N)c1F. The molecule has 1 rings (SSSR count). The fraction of sp³-hybridized carbons (Fsp3) is 0.455. The third kappa shape index (κ3) is 4.22. The smallest absolute Gasteiger partial charge is 0.254 e. The van der Waals surface area contributed by atoms with Crippen molar-refractivity contribution in [2.24, 2.45) is 0 Å². The quantitative estimate of drug-likeness (QED) is 0.761. The van der Waals surface area contributed by atoms with Gasteiger partial charge in [0.2, 0.25) is 0 Å². The van der Waals surface area contributed by atoms with Crippen LogP contribution < -0.4 is 11.1 Å². The summed E-state index contributed by atoms with van der Waals surface area (Å²) in [4.78, 5) is 15.2. The van der Waals surface area contributed by atoms with Crippen molar-refractivity contribution in [2.45, 2.75) is 13.3 Å². The highest BCUT2D eigenvalue weighted by molar-refractivity contribution is 7.99. The lowest BCUT2D eigenvalue weighted by molar-refractivity contribution is 0.0949. The van der Waals surface area contributed by atoms with Crippen molar-refractivity contribution in [3.8, 4) is 0 Å². The van der Waals surface area contributed by atoms with Gasteiger partial charge in [-0.25, -0.2) is 9.37 Å². The minimum absolute atomic E-state index is 0.0550. The lowest BCUT2D eigenvalue weighted by atomic mass is 10.2. The Morgan fingerprint density at radius 3 is 3.12 bits per heavy atom. The number of amides is 1. The number of rotatable bonds is 6. The van der Waals surface area contributed by atoms with Crippen LogP contribution in [0.15, 0.2) is 12.3 Å². The number of pyridine rings is 1. The van der Waals surface area contributed by atoms with Crippen LogP contribution in [0.4, 0.5) is 10.2 Å². The molecule has 6 heteroatoms. The molecule has 0 bridgehead atoms. The summed E-state index contributed by atoms with van der Waals surface area (Å²) in [7, 11) is 0. The molecule has 4 nitrogen and oxygen atoms in total. The van der Waals surface area contributed by atoms with Crippen molar-refractivity contribution in [3.05, 3.63) is 23.6 Å². The molecule has 1 aromatic rings. The first-order valence-electron chi connectivity index (χ1n) is 5.42. The van der Waals surface area contributed by atoms with Crippen LogP contribution in [0, 0.1) is 5.82 Å². The zero-order valence-corrected chi connectivity index (χ0v) is 10.5. The van der Waals surface area contributed by atoms with Crippen LogP contribution in [0.1, 0.15) is 23.7 Å². The van der Waals surface area contributed by atoms with Crippen molar-refractivity contribution in [2.75, 3.05) is 23.8 Å². The normalized spacial score (nSPS) is 10.2. The summed E-state index contributed by atoms with van der Waals surface area (Å²) in [6.07, 6.45) is 2.19. The molecule has 1 heterocycles. The van der Waals surface area contributed by atoms with E-state index in [1.165, 1.54) is 12.3 Å². The molecule has 1 amide bonds. The van der Waals surface area contributed by atoms with E-state index in [0.29, 0.717) is 6.54 Å². The molecule has 0 aliphatic heterocycles. The fourth-order valence-electron chi connectivity index (χ4n) is 1.25. The molecule has 0 saturated heterocycles. The Morgan fingerprint density at radius 1 is 1.65 bits per heavy atom. The van der Waals surface area contributed by atoms with E-state index in [1.54, 1.807) is 11.8 Å². The number of aromatic nitrogens is 1. The lowest BCUT2D eigenvalue weighted by Gasteiger charge is -2.06. The molecule has 17 heavy (non-hydrogen) atoms. The first-order chi connectivity index (χ1) is 8.16. The maximum atomic E-state index is 13.4. The van der Waals surface area contributed by atoms with Crippen molar-refractivity contribution in [1.82, 2.24) is 10.3 Å². The topological polar surface area (TPSA) is 68.0 Å². The summed E-state index contributed by atoms with van der Waals surface area (Å²) < 4.78 is 13.4. The van der Waals surface area contributed by atoms with E-state index in [-0.39, 0.29) is 11.4 Å². The highest BCUT2D eigenvalue weighted by Gasteiger charge is 2.13. The van der Waals surface area contributed by atoms with Gasteiger partial charge in [-0.3, -0.25) is 4.79 Å². The number of carbonyl (C=O) groups excluding carboxylic acids is 1. The van der Waals surface area contributed by atoms with Gasteiger partial charge in [0, 0.05) is 12.7 Å². The molecule has 0 radical (unpaired) electrons. The number of nitrogens with zero attached hydrogens (tertiary/aromatic N) is 1. The van der Waals surface area contributed by atoms with Crippen molar-refractivity contribution >= 4 is 23.5 Å². The molecule has 0 unspecified atom stereocenters. The van der Waals surface area contributed by atoms with Crippen LogP contribution in [0.25, 0.3) is 0 Å². The van der Waals surface area contributed by atoms with Gasteiger partial charge in [0.05, 0.1) is 5.56 Å². The third-order valence-electron chi connectivity index (χ3n) is 2.12. The number of anilines is 1. The minimum Gasteiger partial charge on any atom is -0.381 e. The number of nitrogens with two attached hydrogens (primary N) is 1. The van der Waals surface area contributed by atoms with Crippen LogP contribution in [0.5, 0.6) is 0 Å². The van der Waals surface area contributed by atoms with Crippen molar-refractivity contribution in [3.63, 3.8) is 0 Å². The Balaban J connectivity index is 2.44. The summed E-state index contributed by atoms with van der Waals surface area (Å²) in [5, 5.41) is 2.65. The first kappa shape index (κ1) is 13.8. The molecular weight excluding hydrogens is 241 g/mol. The lowest BCUT2D eigenvalue weighted by Crippen LogP contribution is -2.26. The Bertz CT molecular complexity index is 387. The van der Waals surface area contributed by atoms with Gasteiger partial charge in [-0.15, -0.1) is 0 Å². The van der Waals surface area contributed by atoms with E-state index in [1.807, 2.05) is 0 Å². The summed E-state index contributed by atoms with van der Waals surface area (Å²) >= 11 is 1.81. The maximum absolute atomic E-state index is 13.4. The van der Waals surface area contributed by atoms with Crippen LogP contribution in [0.3, 0.4) is 0 Å². The van der Waals surface area contributed by atoms with Crippen molar-refractivity contribution in [1.29, 1.82) is 0 Å². The van der Waals surface area contributed by atoms with E-state index in [9.17, 15) is 9.18 Å². The summed E-state index contributed by atoms with van der Waals surface area (Å²) in [5.74, 6) is 0.589. The molecule has 1 aromatic heterocycles. The van der Waals surface area contributed by atoms with Gasteiger partial charge >= 0.3 is 0 Å². The average molecular weight is 257 g/mol. The number of nitrogen functional groups attached to an aromatic ring is 1. The molecular formula is C11H16FN3OS. The van der Waals surface area contributed by atoms with E-state index in [0.717, 1.165) is 17.9 Å². The van der Waals surface area contributed by atoms with E-state index < -0.39 is 11.7 Å². The molecule has 0 aliphatic rings. The predicted molar refractivity (Wildman–Crippen MR) is 68.6 cm³/mol. The van der Waals surface area contributed by atoms with Crippen LogP contribution in [-0.4, -0.2) is 28.9 Å². The van der Waals surface area contributed by atoms with E-state index >= 15 is 0 Å². The highest BCUT2D eigenvalue weighted by atomic mass is 32.2. The fourth-order valence-corrected chi connectivity index (χ4v) is 1.89. The Kier molecular flexibility index (Phi) is 5.76. The van der Waals surface area contributed by atoms with E-state index in [4.69, 9.17) is 5.73 Å². The Hall–Kier alpha value is -1.30. The number of hydrogen-bond donors (Lipinski definition) is 2. The second-order valence-electron chi connectivity index (χ2n) is 3.36. The molecule has 0 fully saturated rings. The monoisotopic (exact) mass is 257 g/mol. The molecule has 3 N–H and O–H groups in total. The van der Waals surface area contributed by atoms with Crippen molar-refractivity contribution < 1.29 is 9.18 Å². The summed E-state index contributed by atoms with van der Waals surface area (Å²) in [6.45, 7) is 2.62. The van der Waals surface area contributed by atoms with Gasteiger partial charge in [-0.2, -0.15) is 11.8 Å². The third-order valence-corrected chi connectivity index (χ3v) is 3.10. The van der Waals surface area contributed by atoms with Gasteiger partial charge in [0.1, 0.15) is 0 Å². The van der Waals surface area contributed by atoms with Crippen LogP contribution in [0.2, 0.25) is 0 Å². The van der Waals surface area contributed by atoms with Gasteiger partial charge < -0.3 is 11.1 Å². The number of nitrogens with one attached hydrogen (secondary N) is 1. The molecule has 0 aromatic carbocycles. The Labute approximate surface area is 104 Å². The molecule has 0 spiro atoms. The standard InChI is InChI=1S/C11H16FN3OS/c1-2-17-7-3-5-15-11(16)8-4-6-14-10(13)9(8)12/h4,6H,2-3,5,7H2,1H3,(H2,13,14)(H,15,16). The number of halogens is 1. The summed E-state index contributed by atoms with van der Waals surface area (Å²) in [5.41, 5.74) is 5.23. The second kappa shape index (κ2) is 7.11. The minimum atomic E-state index is -0.757. The largest absolute Gasteiger partial charge is 0.381 e. The average Bonchev–Trinajstić information content (AvgIpc) is 2.32. The van der Waals surface area contributed by atoms with Gasteiger partial charge in [0.15, 0.2) is 11.6 Å². The summed E-state index contributed by atoms with van der Waals surface area (Å²) in [6, 6.07) is 1.32. The van der Waals surface area contributed by atoms with Crippen LogP contribution >= 0.6 is 11.8 Å². The Morgan fingerprint density at radius 2 is 2.41 bits per heavy atom. The van der Waals surface area contributed by atoms with Gasteiger partial charge in [-0.05, 0) is 24.0 Å². The van der Waals surface area contributed by atoms with E-state index in [2.05, 4.69) is 17.2 Å². The molecule has 0 atom stereocenters.